The van der Waals surface area contributed by atoms with Crippen LogP contribution in [0.15, 0.2) is 41.2 Å². The van der Waals surface area contributed by atoms with Crippen LogP contribution in [0, 0.1) is 11.6 Å². The molecule has 0 saturated carbocycles. The topological polar surface area (TPSA) is 45.3 Å². The van der Waals surface area contributed by atoms with Crippen LogP contribution in [0.1, 0.15) is 37.1 Å². The number of rotatable bonds is 3. The van der Waals surface area contributed by atoms with Crippen molar-refractivity contribution in [2.75, 3.05) is 13.7 Å². The number of nitrogens with zero attached hydrogens (tertiary/aromatic N) is 1. The first-order valence-corrected chi connectivity index (χ1v) is 9.15. The van der Waals surface area contributed by atoms with Crippen molar-refractivity contribution >= 4 is 10.8 Å². The van der Waals surface area contributed by atoms with E-state index in [-0.39, 0.29) is 23.6 Å². The molecule has 0 amide bonds. The van der Waals surface area contributed by atoms with Gasteiger partial charge in [-0.05, 0) is 37.4 Å². The van der Waals surface area contributed by atoms with Crippen LogP contribution >= 0.6 is 0 Å². The second-order valence-electron chi connectivity index (χ2n) is 7.25. The third-order valence-electron chi connectivity index (χ3n) is 5.95. The number of aromatic nitrogens is 1. The van der Waals surface area contributed by atoms with Gasteiger partial charge >= 0.3 is 0 Å². The predicted molar refractivity (Wildman–Crippen MR) is 101 cm³/mol. The van der Waals surface area contributed by atoms with E-state index in [1.165, 1.54) is 0 Å². The van der Waals surface area contributed by atoms with Gasteiger partial charge in [0, 0.05) is 16.8 Å². The normalized spacial score (nSPS) is 24.6. The molecule has 1 aliphatic carbocycles. The minimum atomic E-state index is -1.02. The maximum Gasteiger partial charge on any atom is 0.256 e. The van der Waals surface area contributed by atoms with E-state index in [1.54, 1.807) is 0 Å². The molecule has 2 atom stereocenters. The van der Waals surface area contributed by atoms with Crippen molar-refractivity contribution in [3.05, 3.63) is 69.7 Å². The van der Waals surface area contributed by atoms with Crippen LogP contribution in [0.5, 0.6) is 0 Å². The summed E-state index contributed by atoms with van der Waals surface area (Å²) in [7, 11) is 2.02. The standard InChI is InChI=1S/C21H22F2N2O2/c1-3-21(7-5-4-6-8-21)25(2)18-12-27-11-17-19(18)13-9-15(22)16(23)10-14(13)20(26)24-17/h4-7,9-10,18H,3,8,11-12H2,1-2H3,(H,24,26)/t18-,21+/m1/s1. The van der Waals surface area contributed by atoms with E-state index in [1.807, 2.05) is 19.2 Å². The average molecular weight is 372 g/mol. The summed E-state index contributed by atoms with van der Waals surface area (Å²) in [4.78, 5) is 17.4. The quantitative estimate of drug-likeness (QED) is 0.887. The van der Waals surface area contributed by atoms with Crippen molar-refractivity contribution in [2.24, 2.45) is 0 Å². The highest BCUT2D eigenvalue weighted by molar-refractivity contribution is 5.86. The first-order chi connectivity index (χ1) is 13.0. The maximum atomic E-state index is 14.0. The lowest BCUT2D eigenvalue weighted by molar-refractivity contribution is 0.00501. The number of nitrogens with one attached hydrogen (secondary N) is 1. The van der Waals surface area contributed by atoms with Crippen LogP contribution in [0.25, 0.3) is 10.8 Å². The van der Waals surface area contributed by atoms with Crippen LogP contribution in [-0.4, -0.2) is 29.1 Å². The van der Waals surface area contributed by atoms with Crippen molar-refractivity contribution in [1.82, 2.24) is 9.88 Å². The van der Waals surface area contributed by atoms with E-state index in [0.717, 1.165) is 30.5 Å². The molecular weight excluding hydrogens is 350 g/mol. The Bertz CT molecular complexity index is 1010. The Kier molecular flexibility index (Phi) is 4.48. The molecule has 0 unspecified atom stereocenters. The molecule has 0 spiro atoms. The molecule has 4 nitrogen and oxygen atoms in total. The lowest BCUT2D eigenvalue weighted by Crippen LogP contribution is -2.49. The summed E-state index contributed by atoms with van der Waals surface area (Å²) in [5.41, 5.74) is 0.815. The molecule has 2 heterocycles. The fourth-order valence-electron chi connectivity index (χ4n) is 4.28. The van der Waals surface area contributed by atoms with E-state index < -0.39 is 17.2 Å². The molecule has 0 fully saturated rings. The molecule has 0 bridgehead atoms. The van der Waals surface area contributed by atoms with E-state index in [4.69, 9.17) is 4.74 Å². The van der Waals surface area contributed by atoms with Crippen molar-refractivity contribution in [3.8, 4) is 0 Å². The number of hydrogen-bond donors (Lipinski definition) is 1. The largest absolute Gasteiger partial charge is 0.373 e. The van der Waals surface area contributed by atoms with Gasteiger partial charge in [-0.25, -0.2) is 8.78 Å². The Balaban J connectivity index is 1.91. The summed E-state index contributed by atoms with van der Waals surface area (Å²) in [5, 5.41) is 0.618. The summed E-state index contributed by atoms with van der Waals surface area (Å²) in [5.74, 6) is -1.97. The average Bonchev–Trinajstić information content (AvgIpc) is 2.69. The molecule has 0 radical (unpaired) electrons. The van der Waals surface area contributed by atoms with Crippen LogP contribution < -0.4 is 5.56 Å². The van der Waals surface area contributed by atoms with Crippen LogP contribution in [0.3, 0.4) is 0 Å². The molecule has 1 aromatic heterocycles. The molecule has 0 saturated heterocycles. The zero-order valence-corrected chi connectivity index (χ0v) is 15.4. The predicted octanol–water partition coefficient (Wildman–Crippen LogP) is 3.97. The van der Waals surface area contributed by atoms with Crippen molar-refractivity contribution < 1.29 is 13.5 Å². The molecule has 4 rings (SSSR count). The number of pyridine rings is 1. The highest BCUT2D eigenvalue weighted by atomic mass is 19.2. The van der Waals surface area contributed by atoms with E-state index in [0.29, 0.717) is 17.7 Å². The second-order valence-corrected chi connectivity index (χ2v) is 7.25. The molecule has 1 aromatic carbocycles. The Morgan fingerprint density at radius 2 is 2.00 bits per heavy atom. The Hall–Kier alpha value is -2.31. The van der Waals surface area contributed by atoms with Crippen molar-refractivity contribution in [1.29, 1.82) is 0 Å². The number of fused-ring (bicyclic) bond motifs is 3. The van der Waals surface area contributed by atoms with Gasteiger partial charge in [-0.3, -0.25) is 9.69 Å². The lowest BCUT2D eigenvalue weighted by Gasteiger charge is -2.46. The first-order valence-electron chi connectivity index (χ1n) is 9.15. The Morgan fingerprint density at radius 3 is 2.67 bits per heavy atom. The highest BCUT2D eigenvalue weighted by Crippen LogP contribution is 2.40. The van der Waals surface area contributed by atoms with Gasteiger partial charge in [-0.1, -0.05) is 31.2 Å². The van der Waals surface area contributed by atoms with Crippen LogP contribution in [0.4, 0.5) is 8.78 Å². The minimum Gasteiger partial charge on any atom is -0.373 e. The van der Waals surface area contributed by atoms with Gasteiger partial charge in [0.1, 0.15) is 0 Å². The van der Waals surface area contributed by atoms with Gasteiger partial charge in [0.25, 0.3) is 5.56 Å². The van der Waals surface area contributed by atoms with Gasteiger partial charge in [-0.15, -0.1) is 0 Å². The van der Waals surface area contributed by atoms with Gasteiger partial charge in [-0.2, -0.15) is 0 Å². The van der Waals surface area contributed by atoms with Gasteiger partial charge in [0.15, 0.2) is 11.6 Å². The molecule has 27 heavy (non-hydrogen) atoms. The monoisotopic (exact) mass is 372 g/mol. The van der Waals surface area contributed by atoms with Crippen molar-refractivity contribution in [3.63, 3.8) is 0 Å². The van der Waals surface area contributed by atoms with Gasteiger partial charge in [0.2, 0.25) is 0 Å². The van der Waals surface area contributed by atoms with Gasteiger partial charge < -0.3 is 9.72 Å². The zero-order chi connectivity index (χ0) is 19.2. The molecule has 142 valence electrons. The number of allylic oxidation sites excluding steroid dienone is 2. The second kappa shape index (κ2) is 6.69. The summed E-state index contributed by atoms with van der Waals surface area (Å²) in [6, 6.07) is 1.93. The SMILES string of the molecule is CC[C@]1(N(C)[C@@H]2COCc3[nH]c(=O)c4cc(F)c(F)cc4c32)C=CC=CC1. The minimum absolute atomic E-state index is 0.164. The summed E-state index contributed by atoms with van der Waals surface area (Å²) < 4.78 is 33.5. The number of H-pyrrole nitrogens is 1. The molecule has 1 N–H and O–H groups in total. The Labute approximate surface area is 156 Å². The number of aromatic amines is 1. The molecule has 2 aliphatic rings. The molecular formula is C21H22F2N2O2. The molecule has 2 aromatic rings. The third-order valence-corrected chi connectivity index (χ3v) is 5.95. The number of ether oxygens (including phenoxy) is 1. The first kappa shape index (κ1) is 18.1. The third kappa shape index (κ3) is 2.84. The summed E-state index contributed by atoms with van der Waals surface area (Å²) in [6.45, 7) is 2.80. The van der Waals surface area contributed by atoms with Crippen LogP contribution in [0.2, 0.25) is 0 Å². The van der Waals surface area contributed by atoms with E-state index >= 15 is 0 Å². The lowest BCUT2D eigenvalue weighted by atomic mass is 9.84. The van der Waals surface area contributed by atoms with Crippen molar-refractivity contribution in [2.45, 2.75) is 38.0 Å². The fourth-order valence-corrected chi connectivity index (χ4v) is 4.28. The number of likely N-dealkylation sites (N-methyl/N-ethyl adjacent to an activating group) is 1. The number of hydrogen-bond acceptors (Lipinski definition) is 3. The number of halogens is 2. The Morgan fingerprint density at radius 1 is 1.26 bits per heavy atom. The fraction of sp³-hybridized carbons (Fsp3) is 0.381. The highest BCUT2D eigenvalue weighted by Gasteiger charge is 2.38. The van der Waals surface area contributed by atoms with Gasteiger partial charge in [0.05, 0.1) is 24.6 Å². The summed E-state index contributed by atoms with van der Waals surface area (Å²) in [6.07, 6.45) is 10.1. The summed E-state index contributed by atoms with van der Waals surface area (Å²) >= 11 is 0. The zero-order valence-electron chi connectivity index (χ0n) is 15.4. The van der Waals surface area contributed by atoms with E-state index in [2.05, 4.69) is 29.0 Å². The van der Waals surface area contributed by atoms with Crippen LogP contribution in [-0.2, 0) is 11.3 Å². The molecule has 6 heteroatoms. The van der Waals surface area contributed by atoms with E-state index in [9.17, 15) is 13.6 Å². The molecule has 1 aliphatic heterocycles. The number of benzene rings is 1. The maximum absolute atomic E-state index is 14.0. The smallest absolute Gasteiger partial charge is 0.256 e.